The van der Waals surface area contributed by atoms with Gasteiger partial charge in [-0.05, 0) is 44.1 Å². The van der Waals surface area contributed by atoms with Gasteiger partial charge in [0.25, 0.3) is 5.91 Å². The zero-order valence-electron chi connectivity index (χ0n) is 13.3. The average molecular weight is 301 g/mol. The monoisotopic (exact) mass is 301 g/mol. The predicted octanol–water partition coefficient (Wildman–Crippen LogP) is 2.78. The Morgan fingerprint density at radius 3 is 2.86 bits per heavy atom. The molecule has 22 heavy (non-hydrogen) atoms. The van der Waals surface area contributed by atoms with Crippen LogP contribution in [0, 0.1) is 0 Å². The van der Waals surface area contributed by atoms with Gasteiger partial charge < -0.3 is 14.6 Å². The van der Waals surface area contributed by atoms with Crippen molar-refractivity contribution in [3.8, 4) is 0 Å². The minimum Gasteiger partial charge on any atom is -0.440 e. The Morgan fingerprint density at radius 2 is 2.14 bits per heavy atom. The molecule has 0 spiro atoms. The van der Waals surface area contributed by atoms with Crippen LogP contribution in [0.4, 0.5) is 0 Å². The van der Waals surface area contributed by atoms with Crippen LogP contribution in [-0.4, -0.2) is 42.0 Å². The van der Waals surface area contributed by atoms with E-state index < -0.39 is 0 Å². The van der Waals surface area contributed by atoms with Crippen LogP contribution in [0.15, 0.2) is 22.6 Å². The van der Waals surface area contributed by atoms with Crippen LogP contribution in [-0.2, 0) is 0 Å². The molecule has 3 rings (SSSR count). The number of carbonyl (C=O) groups is 1. The van der Waals surface area contributed by atoms with Gasteiger partial charge in [0, 0.05) is 24.6 Å². The number of amides is 1. The number of nitrogens with zero attached hydrogens (tertiary/aromatic N) is 2. The molecule has 1 saturated heterocycles. The number of likely N-dealkylation sites (tertiary alicyclic amines) is 1. The summed E-state index contributed by atoms with van der Waals surface area (Å²) in [7, 11) is 0. The fraction of sp³-hybridized carbons (Fsp3) is 0.529. The second kappa shape index (κ2) is 6.48. The highest BCUT2D eigenvalue weighted by Crippen LogP contribution is 2.22. The number of carbonyl (C=O) groups excluding carboxylic acids is 1. The van der Waals surface area contributed by atoms with Gasteiger partial charge >= 0.3 is 0 Å². The van der Waals surface area contributed by atoms with Crippen LogP contribution in [0.5, 0.6) is 0 Å². The van der Waals surface area contributed by atoms with Gasteiger partial charge in [-0.15, -0.1) is 0 Å². The zero-order chi connectivity index (χ0) is 15.5. The first-order chi connectivity index (χ1) is 10.6. The summed E-state index contributed by atoms with van der Waals surface area (Å²) in [5.41, 5.74) is 2.11. The molecular weight excluding hydrogens is 278 g/mol. The summed E-state index contributed by atoms with van der Waals surface area (Å²) in [4.78, 5) is 19.0. The van der Waals surface area contributed by atoms with Crippen molar-refractivity contribution >= 4 is 17.0 Å². The van der Waals surface area contributed by atoms with E-state index in [9.17, 15) is 4.79 Å². The van der Waals surface area contributed by atoms with E-state index in [-0.39, 0.29) is 11.8 Å². The fourth-order valence-corrected chi connectivity index (χ4v) is 2.77. The Kier molecular flexibility index (Phi) is 4.43. The highest BCUT2D eigenvalue weighted by Gasteiger charge is 2.14. The summed E-state index contributed by atoms with van der Waals surface area (Å²) < 4.78 is 5.71. The highest BCUT2D eigenvalue weighted by molar-refractivity contribution is 5.97. The predicted molar refractivity (Wildman–Crippen MR) is 86.1 cm³/mol. The molecular formula is C17H23N3O2. The lowest BCUT2D eigenvalue weighted by Crippen LogP contribution is -2.33. The topological polar surface area (TPSA) is 58.4 Å². The van der Waals surface area contributed by atoms with Crippen LogP contribution in [0.1, 0.15) is 48.9 Å². The van der Waals surface area contributed by atoms with Gasteiger partial charge in [0.15, 0.2) is 11.5 Å². The van der Waals surface area contributed by atoms with Crippen molar-refractivity contribution in [2.24, 2.45) is 0 Å². The molecule has 1 aromatic heterocycles. The normalized spacial score (nSPS) is 15.8. The molecule has 118 valence electrons. The summed E-state index contributed by atoms with van der Waals surface area (Å²) in [5, 5.41) is 2.98. The standard InChI is InChI=1S/C17H23N3O2/c1-12(2)17-19-14-6-5-13(11-15(14)22-17)16(21)18-7-10-20-8-3-4-9-20/h5-6,11-12H,3-4,7-10H2,1-2H3,(H,18,21). The number of benzene rings is 1. The quantitative estimate of drug-likeness (QED) is 0.922. The molecule has 0 radical (unpaired) electrons. The van der Waals surface area contributed by atoms with Crippen LogP contribution in [0.25, 0.3) is 11.1 Å². The molecule has 1 aliphatic rings. The maximum absolute atomic E-state index is 12.2. The molecule has 1 aliphatic heterocycles. The molecule has 2 aromatic rings. The summed E-state index contributed by atoms with van der Waals surface area (Å²) in [6.45, 7) is 7.99. The van der Waals surface area contributed by atoms with E-state index in [0.717, 1.165) is 25.2 Å². The van der Waals surface area contributed by atoms with Crippen LogP contribution in [0.2, 0.25) is 0 Å². The van der Waals surface area contributed by atoms with Gasteiger partial charge in [-0.2, -0.15) is 0 Å². The van der Waals surface area contributed by atoms with Gasteiger partial charge in [-0.25, -0.2) is 4.98 Å². The Bertz CT molecular complexity index is 657. The molecule has 1 amide bonds. The molecule has 1 aromatic carbocycles. The van der Waals surface area contributed by atoms with Crippen molar-refractivity contribution in [3.63, 3.8) is 0 Å². The van der Waals surface area contributed by atoms with E-state index in [1.54, 1.807) is 12.1 Å². The number of oxazole rings is 1. The van der Waals surface area contributed by atoms with E-state index in [0.29, 0.717) is 23.6 Å². The Hall–Kier alpha value is -1.88. The van der Waals surface area contributed by atoms with Crippen molar-refractivity contribution in [1.82, 2.24) is 15.2 Å². The molecule has 5 heteroatoms. The zero-order valence-corrected chi connectivity index (χ0v) is 13.3. The molecule has 0 atom stereocenters. The lowest BCUT2D eigenvalue weighted by atomic mass is 10.2. The van der Waals surface area contributed by atoms with Gasteiger partial charge in [-0.1, -0.05) is 13.8 Å². The van der Waals surface area contributed by atoms with Crippen LogP contribution >= 0.6 is 0 Å². The molecule has 5 nitrogen and oxygen atoms in total. The molecule has 0 aliphatic carbocycles. The second-order valence-electron chi connectivity index (χ2n) is 6.19. The first kappa shape index (κ1) is 15.0. The number of hydrogen-bond acceptors (Lipinski definition) is 4. The van der Waals surface area contributed by atoms with E-state index >= 15 is 0 Å². The van der Waals surface area contributed by atoms with Crippen molar-refractivity contribution in [2.45, 2.75) is 32.6 Å². The molecule has 2 heterocycles. The maximum atomic E-state index is 12.2. The molecule has 0 saturated carbocycles. The molecule has 0 unspecified atom stereocenters. The molecule has 0 bridgehead atoms. The second-order valence-corrected chi connectivity index (χ2v) is 6.19. The summed E-state index contributed by atoms with van der Waals surface area (Å²) in [6.07, 6.45) is 2.54. The van der Waals surface area contributed by atoms with Crippen LogP contribution in [0.3, 0.4) is 0 Å². The number of fused-ring (bicyclic) bond motifs is 1. The number of hydrogen-bond donors (Lipinski definition) is 1. The third-order valence-electron chi connectivity index (χ3n) is 4.07. The van der Waals surface area contributed by atoms with Crippen LogP contribution < -0.4 is 5.32 Å². The molecule has 1 fully saturated rings. The van der Waals surface area contributed by atoms with E-state index in [1.165, 1.54) is 12.8 Å². The maximum Gasteiger partial charge on any atom is 0.251 e. The third kappa shape index (κ3) is 3.30. The Labute approximate surface area is 130 Å². The van der Waals surface area contributed by atoms with Crippen molar-refractivity contribution in [3.05, 3.63) is 29.7 Å². The average Bonchev–Trinajstić information content (AvgIpc) is 3.15. The van der Waals surface area contributed by atoms with Gasteiger partial charge in [0.05, 0.1) is 0 Å². The number of aromatic nitrogens is 1. The lowest BCUT2D eigenvalue weighted by molar-refractivity contribution is 0.0950. The number of rotatable bonds is 5. The van der Waals surface area contributed by atoms with Gasteiger partial charge in [-0.3, -0.25) is 4.79 Å². The summed E-state index contributed by atoms with van der Waals surface area (Å²) in [5.74, 6) is 0.898. The minimum atomic E-state index is -0.0522. The SMILES string of the molecule is CC(C)c1nc2ccc(C(=O)NCCN3CCCC3)cc2o1. The van der Waals surface area contributed by atoms with Crippen molar-refractivity contribution in [1.29, 1.82) is 0 Å². The Morgan fingerprint density at radius 1 is 1.36 bits per heavy atom. The van der Waals surface area contributed by atoms with E-state index in [4.69, 9.17) is 4.42 Å². The summed E-state index contributed by atoms with van der Waals surface area (Å²) in [6, 6.07) is 5.43. The largest absolute Gasteiger partial charge is 0.440 e. The summed E-state index contributed by atoms with van der Waals surface area (Å²) >= 11 is 0. The fourth-order valence-electron chi connectivity index (χ4n) is 2.77. The first-order valence-electron chi connectivity index (χ1n) is 8.04. The van der Waals surface area contributed by atoms with Gasteiger partial charge in [0.1, 0.15) is 5.52 Å². The minimum absolute atomic E-state index is 0.0522. The lowest BCUT2D eigenvalue weighted by Gasteiger charge is -2.14. The Balaban J connectivity index is 1.62. The highest BCUT2D eigenvalue weighted by atomic mass is 16.3. The van der Waals surface area contributed by atoms with Crippen molar-refractivity contribution < 1.29 is 9.21 Å². The first-order valence-corrected chi connectivity index (χ1v) is 8.04. The van der Waals surface area contributed by atoms with Gasteiger partial charge in [0.2, 0.25) is 0 Å². The molecule has 1 N–H and O–H groups in total. The smallest absolute Gasteiger partial charge is 0.251 e. The number of nitrogens with one attached hydrogen (secondary N) is 1. The van der Waals surface area contributed by atoms with Crippen molar-refractivity contribution in [2.75, 3.05) is 26.2 Å². The third-order valence-corrected chi connectivity index (χ3v) is 4.07. The van der Waals surface area contributed by atoms with E-state index in [1.807, 2.05) is 19.9 Å². The van der Waals surface area contributed by atoms with E-state index in [2.05, 4.69) is 15.2 Å².